The predicted molar refractivity (Wildman–Crippen MR) is 103 cm³/mol. The number of hydrogen-bond acceptors (Lipinski definition) is 5. The highest BCUT2D eigenvalue weighted by atomic mass is 32.2. The molecule has 2 saturated heterocycles. The van der Waals surface area contributed by atoms with Crippen molar-refractivity contribution in [2.75, 3.05) is 40.3 Å². The number of carbonyl (C=O) groups is 1. The summed E-state index contributed by atoms with van der Waals surface area (Å²) < 4.78 is 27.5. The minimum absolute atomic E-state index is 0.000735. The van der Waals surface area contributed by atoms with Crippen LogP contribution in [0.5, 0.6) is 0 Å². The Kier molecular flexibility index (Phi) is 6.12. The summed E-state index contributed by atoms with van der Waals surface area (Å²) >= 11 is 0. The lowest BCUT2D eigenvalue weighted by atomic mass is 9.98. The molecule has 27 heavy (non-hydrogen) atoms. The topological polar surface area (TPSA) is 86.7 Å². The van der Waals surface area contributed by atoms with Crippen LogP contribution in [0.2, 0.25) is 0 Å². The van der Waals surface area contributed by atoms with Crippen LogP contribution in [0.3, 0.4) is 0 Å². The average molecular weight is 396 g/mol. The van der Waals surface area contributed by atoms with E-state index >= 15 is 0 Å². The maximum absolute atomic E-state index is 12.7. The van der Waals surface area contributed by atoms with E-state index in [1.807, 2.05) is 11.8 Å². The number of piperidine rings is 2. The third-order valence-electron chi connectivity index (χ3n) is 5.41. The lowest BCUT2D eigenvalue weighted by Gasteiger charge is -2.33. The molecule has 2 aliphatic rings. The van der Waals surface area contributed by atoms with Gasteiger partial charge in [-0.15, -0.1) is 0 Å². The predicted octanol–water partition coefficient (Wildman–Crippen LogP) is 1.40. The standard InChI is InChI=1S/C18H29N5O3S/c1-14-16(18(24)22-9-5-4-6-10-22)12-19-17(20-14)15-8-7-11-23(13-15)27(25,26)21(2)3/h12,15H,4-11,13H2,1-3H3/t15-/m0/s1. The van der Waals surface area contributed by atoms with E-state index in [0.29, 0.717) is 30.2 Å². The Morgan fingerprint density at radius 3 is 2.48 bits per heavy atom. The quantitative estimate of drug-likeness (QED) is 0.769. The Morgan fingerprint density at radius 1 is 1.15 bits per heavy atom. The van der Waals surface area contributed by atoms with Gasteiger partial charge in [-0.1, -0.05) is 0 Å². The van der Waals surface area contributed by atoms with Gasteiger partial charge in [-0.25, -0.2) is 9.97 Å². The summed E-state index contributed by atoms with van der Waals surface area (Å²) in [6.07, 6.45) is 6.50. The Hall–Kier alpha value is -1.58. The van der Waals surface area contributed by atoms with Crippen LogP contribution >= 0.6 is 0 Å². The second-order valence-corrected chi connectivity index (χ2v) is 9.71. The van der Waals surface area contributed by atoms with Crippen molar-refractivity contribution in [3.63, 3.8) is 0 Å². The van der Waals surface area contributed by atoms with Crippen LogP contribution in [-0.2, 0) is 10.2 Å². The van der Waals surface area contributed by atoms with Gasteiger partial charge >= 0.3 is 0 Å². The van der Waals surface area contributed by atoms with Crippen molar-refractivity contribution >= 4 is 16.1 Å². The molecular formula is C18H29N5O3S. The van der Waals surface area contributed by atoms with E-state index in [-0.39, 0.29) is 11.8 Å². The van der Waals surface area contributed by atoms with Gasteiger partial charge in [0, 0.05) is 52.4 Å². The average Bonchev–Trinajstić information content (AvgIpc) is 2.68. The largest absolute Gasteiger partial charge is 0.339 e. The van der Waals surface area contributed by atoms with Crippen molar-refractivity contribution in [3.8, 4) is 0 Å². The van der Waals surface area contributed by atoms with E-state index in [9.17, 15) is 13.2 Å². The second-order valence-electron chi connectivity index (χ2n) is 7.57. The van der Waals surface area contributed by atoms with E-state index in [0.717, 1.165) is 38.8 Å². The van der Waals surface area contributed by atoms with Crippen LogP contribution in [0.25, 0.3) is 0 Å². The van der Waals surface area contributed by atoms with Crippen molar-refractivity contribution in [2.45, 2.75) is 44.9 Å². The summed E-state index contributed by atoms with van der Waals surface area (Å²) in [5.41, 5.74) is 1.22. The Bertz CT molecular complexity index is 790. The van der Waals surface area contributed by atoms with Gasteiger partial charge in [-0.05, 0) is 39.0 Å². The van der Waals surface area contributed by atoms with Crippen molar-refractivity contribution in [1.82, 2.24) is 23.5 Å². The molecule has 0 unspecified atom stereocenters. The van der Waals surface area contributed by atoms with Gasteiger partial charge in [0.05, 0.1) is 11.3 Å². The fourth-order valence-electron chi connectivity index (χ4n) is 3.75. The first kappa shape index (κ1) is 20.2. The van der Waals surface area contributed by atoms with Gasteiger partial charge in [0.1, 0.15) is 5.82 Å². The molecule has 0 bridgehead atoms. The molecule has 0 N–H and O–H groups in total. The fourth-order valence-corrected chi connectivity index (χ4v) is 4.94. The van der Waals surface area contributed by atoms with Gasteiger partial charge in [-0.3, -0.25) is 4.79 Å². The molecule has 0 spiro atoms. The number of nitrogens with zero attached hydrogens (tertiary/aromatic N) is 5. The number of rotatable bonds is 4. The van der Waals surface area contributed by atoms with Crippen molar-refractivity contribution in [1.29, 1.82) is 0 Å². The Balaban J connectivity index is 1.76. The number of aromatic nitrogens is 2. The maximum Gasteiger partial charge on any atom is 0.281 e. The first-order chi connectivity index (χ1) is 12.8. The smallest absolute Gasteiger partial charge is 0.281 e. The fraction of sp³-hybridized carbons (Fsp3) is 0.722. The molecule has 9 heteroatoms. The number of amides is 1. The van der Waals surface area contributed by atoms with E-state index in [2.05, 4.69) is 9.97 Å². The molecule has 0 radical (unpaired) electrons. The lowest BCUT2D eigenvalue weighted by Crippen LogP contribution is -2.45. The highest BCUT2D eigenvalue weighted by Crippen LogP contribution is 2.27. The zero-order chi connectivity index (χ0) is 19.6. The first-order valence-electron chi connectivity index (χ1n) is 9.61. The van der Waals surface area contributed by atoms with E-state index < -0.39 is 10.2 Å². The third-order valence-corrected chi connectivity index (χ3v) is 7.32. The normalized spacial score (nSPS) is 22.2. The van der Waals surface area contributed by atoms with E-state index in [1.165, 1.54) is 15.0 Å². The van der Waals surface area contributed by atoms with Crippen molar-refractivity contribution in [2.24, 2.45) is 0 Å². The highest BCUT2D eigenvalue weighted by molar-refractivity contribution is 7.86. The van der Waals surface area contributed by atoms with Crippen LogP contribution in [0.15, 0.2) is 6.20 Å². The SMILES string of the molecule is Cc1nc([C@H]2CCCN(S(=O)(=O)N(C)C)C2)ncc1C(=O)N1CCCCC1. The molecule has 8 nitrogen and oxygen atoms in total. The molecule has 150 valence electrons. The van der Waals surface area contributed by atoms with Crippen LogP contribution in [-0.4, -0.2) is 78.1 Å². The van der Waals surface area contributed by atoms with Crippen LogP contribution in [0, 0.1) is 6.92 Å². The van der Waals surface area contributed by atoms with E-state index in [4.69, 9.17) is 0 Å². The Morgan fingerprint density at radius 2 is 1.85 bits per heavy atom. The lowest BCUT2D eigenvalue weighted by molar-refractivity contribution is 0.0722. The summed E-state index contributed by atoms with van der Waals surface area (Å²) in [6, 6.07) is 0. The molecule has 0 aliphatic carbocycles. The molecule has 2 fully saturated rings. The molecule has 1 aromatic heterocycles. The summed E-state index contributed by atoms with van der Waals surface area (Å²) in [6.45, 7) is 4.31. The molecule has 3 heterocycles. The number of carbonyl (C=O) groups excluding carboxylic acids is 1. The van der Waals surface area contributed by atoms with Gasteiger partial charge in [0.15, 0.2) is 0 Å². The minimum atomic E-state index is -3.44. The van der Waals surface area contributed by atoms with Crippen LogP contribution < -0.4 is 0 Å². The zero-order valence-electron chi connectivity index (χ0n) is 16.4. The monoisotopic (exact) mass is 395 g/mol. The molecule has 3 rings (SSSR count). The summed E-state index contributed by atoms with van der Waals surface area (Å²) in [4.78, 5) is 23.6. The number of likely N-dealkylation sites (tertiary alicyclic amines) is 1. The summed E-state index contributed by atoms with van der Waals surface area (Å²) in [5.74, 6) is 0.576. The minimum Gasteiger partial charge on any atom is -0.339 e. The molecule has 1 amide bonds. The highest BCUT2D eigenvalue weighted by Gasteiger charge is 2.32. The maximum atomic E-state index is 12.7. The van der Waals surface area contributed by atoms with Crippen molar-refractivity contribution < 1.29 is 13.2 Å². The molecule has 0 aromatic carbocycles. The number of aryl methyl sites for hydroxylation is 1. The number of hydrogen-bond donors (Lipinski definition) is 0. The molecule has 0 saturated carbocycles. The molecule has 2 aliphatic heterocycles. The second kappa shape index (κ2) is 8.20. The molecule has 1 aromatic rings. The summed E-state index contributed by atoms with van der Waals surface area (Å²) in [5, 5.41) is 0. The molecular weight excluding hydrogens is 366 g/mol. The van der Waals surface area contributed by atoms with Gasteiger partial charge in [0.25, 0.3) is 16.1 Å². The third kappa shape index (κ3) is 4.30. The van der Waals surface area contributed by atoms with E-state index in [1.54, 1.807) is 20.3 Å². The van der Waals surface area contributed by atoms with Crippen molar-refractivity contribution in [3.05, 3.63) is 23.3 Å². The van der Waals surface area contributed by atoms with Gasteiger partial charge in [-0.2, -0.15) is 17.0 Å². The first-order valence-corrected chi connectivity index (χ1v) is 11.0. The van der Waals surface area contributed by atoms with Gasteiger partial charge in [0.2, 0.25) is 0 Å². The van der Waals surface area contributed by atoms with Crippen LogP contribution in [0.1, 0.15) is 59.9 Å². The van der Waals surface area contributed by atoms with Crippen LogP contribution in [0.4, 0.5) is 0 Å². The molecule has 1 atom stereocenters. The zero-order valence-corrected chi connectivity index (χ0v) is 17.2. The summed E-state index contributed by atoms with van der Waals surface area (Å²) in [7, 11) is -0.352. The Labute approximate surface area is 161 Å². The van der Waals surface area contributed by atoms with Gasteiger partial charge < -0.3 is 4.90 Å².